The van der Waals surface area contributed by atoms with Crippen LogP contribution >= 0.6 is 0 Å². The maximum absolute atomic E-state index is 12.0. The highest BCUT2D eigenvalue weighted by molar-refractivity contribution is 5.29. The average Bonchev–Trinajstić information content (AvgIpc) is 2.79. The second kappa shape index (κ2) is 5.12. The summed E-state index contributed by atoms with van der Waals surface area (Å²) in [6.07, 6.45) is -0.253. The van der Waals surface area contributed by atoms with Crippen molar-refractivity contribution in [2.24, 2.45) is 5.41 Å². The molecular weight excluding hydrogens is 255 g/mol. The number of hydrogen-bond acceptors (Lipinski definition) is 2. The highest BCUT2D eigenvalue weighted by atomic mass is 19.4. The third-order valence-electron chi connectivity index (χ3n) is 3.50. The van der Waals surface area contributed by atoms with E-state index in [1.165, 1.54) is 12.1 Å². The fourth-order valence-corrected chi connectivity index (χ4v) is 2.58. The van der Waals surface area contributed by atoms with Gasteiger partial charge in [0.15, 0.2) is 0 Å². The first kappa shape index (κ1) is 13.7. The maximum atomic E-state index is 12.0. The summed E-state index contributed by atoms with van der Waals surface area (Å²) in [6.45, 7) is 0. The molecule has 0 aliphatic heterocycles. The summed E-state index contributed by atoms with van der Waals surface area (Å²) < 4.78 is 39.9. The molecule has 1 saturated carbocycles. The summed E-state index contributed by atoms with van der Waals surface area (Å²) in [5.41, 5.74) is 0.532. The smallest absolute Gasteiger partial charge is 0.406 e. The number of alkyl halides is 3. The van der Waals surface area contributed by atoms with Gasteiger partial charge in [0.1, 0.15) is 5.75 Å². The van der Waals surface area contributed by atoms with Crippen molar-refractivity contribution in [3.63, 3.8) is 0 Å². The summed E-state index contributed by atoms with van der Waals surface area (Å²) in [4.78, 5) is 0. The fourth-order valence-electron chi connectivity index (χ4n) is 2.58. The Hall–Kier alpha value is -1.70. The van der Waals surface area contributed by atoms with Crippen LogP contribution in [0.2, 0.25) is 0 Å². The van der Waals surface area contributed by atoms with Gasteiger partial charge in [-0.15, -0.1) is 13.2 Å². The molecule has 102 valence electrons. The van der Waals surface area contributed by atoms with Crippen LogP contribution in [0.4, 0.5) is 13.2 Å². The molecule has 0 unspecified atom stereocenters. The lowest BCUT2D eigenvalue weighted by atomic mass is 9.81. The molecular formula is C14H14F3NO. The Morgan fingerprint density at radius 1 is 1.16 bits per heavy atom. The number of nitriles is 1. The SMILES string of the molecule is N#CC1(Cc2ccc(OC(F)(F)F)cc2)CCCC1. The van der Waals surface area contributed by atoms with Gasteiger partial charge in [-0.1, -0.05) is 25.0 Å². The van der Waals surface area contributed by atoms with Crippen LogP contribution in [-0.4, -0.2) is 6.36 Å². The van der Waals surface area contributed by atoms with Crippen LogP contribution in [0.5, 0.6) is 5.75 Å². The van der Waals surface area contributed by atoms with E-state index in [9.17, 15) is 18.4 Å². The van der Waals surface area contributed by atoms with Gasteiger partial charge in [0.2, 0.25) is 0 Å². The van der Waals surface area contributed by atoms with Crippen molar-refractivity contribution in [1.29, 1.82) is 5.26 Å². The molecule has 1 aromatic rings. The number of rotatable bonds is 3. The first-order chi connectivity index (χ1) is 8.92. The molecule has 1 aromatic carbocycles. The van der Waals surface area contributed by atoms with Crippen LogP contribution in [0.1, 0.15) is 31.2 Å². The Labute approximate surface area is 109 Å². The molecule has 0 atom stereocenters. The molecule has 1 aliphatic carbocycles. The Kier molecular flexibility index (Phi) is 3.70. The minimum Gasteiger partial charge on any atom is -0.406 e. The van der Waals surface area contributed by atoms with E-state index < -0.39 is 6.36 Å². The van der Waals surface area contributed by atoms with Crippen LogP contribution in [0.3, 0.4) is 0 Å². The van der Waals surface area contributed by atoms with Crippen molar-refractivity contribution in [3.8, 4) is 11.8 Å². The van der Waals surface area contributed by atoms with Crippen molar-refractivity contribution in [2.75, 3.05) is 0 Å². The molecule has 0 amide bonds. The minimum atomic E-state index is -4.67. The van der Waals surface area contributed by atoms with E-state index in [1.54, 1.807) is 12.1 Å². The molecule has 0 bridgehead atoms. The molecule has 1 aliphatic rings. The predicted octanol–water partition coefficient (Wildman–Crippen LogP) is 4.21. The van der Waals surface area contributed by atoms with Gasteiger partial charge in [-0.3, -0.25) is 0 Å². The van der Waals surface area contributed by atoms with Crippen LogP contribution < -0.4 is 4.74 Å². The third-order valence-corrected chi connectivity index (χ3v) is 3.50. The molecule has 0 radical (unpaired) electrons. The second-order valence-corrected chi connectivity index (χ2v) is 4.97. The minimum absolute atomic E-state index is 0.228. The summed E-state index contributed by atoms with van der Waals surface area (Å²) in [5, 5.41) is 9.26. The Morgan fingerprint density at radius 3 is 2.21 bits per heavy atom. The highest BCUT2D eigenvalue weighted by Crippen LogP contribution is 2.40. The molecule has 19 heavy (non-hydrogen) atoms. The zero-order chi connectivity index (χ0) is 13.9. The van der Waals surface area contributed by atoms with Gasteiger partial charge in [0, 0.05) is 0 Å². The molecule has 0 N–H and O–H groups in total. The Morgan fingerprint density at radius 2 is 1.74 bits per heavy atom. The normalized spacial score (nSPS) is 18.0. The van der Waals surface area contributed by atoms with Gasteiger partial charge in [-0.25, -0.2) is 0 Å². The predicted molar refractivity (Wildman–Crippen MR) is 63.3 cm³/mol. The number of hydrogen-bond donors (Lipinski definition) is 0. The molecule has 0 saturated heterocycles. The largest absolute Gasteiger partial charge is 0.573 e. The van der Waals surface area contributed by atoms with E-state index >= 15 is 0 Å². The lowest BCUT2D eigenvalue weighted by molar-refractivity contribution is -0.274. The van der Waals surface area contributed by atoms with Crippen LogP contribution in [0.25, 0.3) is 0 Å². The fraction of sp³-hybridized carbons (Fsp3) is 0.500. The molecule has 0 aromatic heterocycles. The molecule has 2 rings (SSSR count). The lowest BCUT2D eigenvalue weighted by Crippen LogP contribution is -2.18. The number of nitrogens with zero attached hydrogens (tertiary/aromatic N) is 1. The maximum Gasteiger partial charge on any atom is 0.573 e. The zero-order valence-electron chi connectivity index (χ0n) is 10.3. The summed E-state index contributed by atoms with van der Waals surface area (Å²) in [6, 6.07) is 8.15. The zero-order valence-corrected chi connectivity index (χ0v) is 10.3. The molecule has 5 heteroatoms. The molecule has 0 spiro atoms. The number of halogens is 3. The van der Waals surface area contributed by atoms with Crippen LogP contribution in [0, 0.1) is 16.7 Å². The first-order valence-corrected chi connectivity index (χ1v) is 6.18. The molecule has 1 fully saturated rings. The van der Waals surface area contributed by atoms with Gasteiger partial charge >= 0.3 is 6.36 Å². The highest BCUT2D eigenvalue weighted by Gasteiger charge is 2.34. The summed E-state index contributed by atoms with van der Waals surface area (Å²) >= 11 is 0. The van der Waals surface area contributed by atoms with Crippen molar-refractivity contribution >= 4 is 0 Å². The van der Waals surface area contributed by atoms with Crippen LogP contribution in [-0.2, 0) is 6.42 Å². The Bertz CT molecular complexity index is 467. The first-order valence-electron chi connectivity index (χ1n) is 6.18. The van der Waals surface area contributed by atoms with E-state index in [0.717, 1.165) is 31.2 Å². The van der Waals surface area contributed by atoms with Gasteiger partial charge in [0.05, 0.1) is 11.5 Å². The average molecular weight is 269 g/mol. The number of ether oxygens (including phenoxy) is 1. The second-order valence-electron chi connectivity index (χ2n) is 4.97. The van der Waals surface area contributed by atoms with Gasteiger partial charge in [0.25, 0.3) is 0 Å². The van der Waals surface area contributed by atoms with E-state index in [-0.39, 0.29) is 11.2 Å². The summed E-state index contributed by atoms with van der Waals surface area (Å²) in [7, 11) is 0. The van der Waals surface area contributed by atoms with E-state index in [2.05, 4.69) is 10.8 Å². The third kappa shape index (κ3) is 3.63. The van der Waals surface area contributed by atoms with Gasteiger partial charge in [-0.2, -0.15) is 5.26 Å². The topological polar surface area (TPSA) is 33.0 Å². The van der Waals surface area contributed by atoms with Gasteiger partial charge < -0.3 is 4.74 Å². The van der Waals surface area contributed by atoms with Crippen LogP contribution in [0.15, 0.2) is 24.3 Å². The van der Waals surface area contributed by atoms with Crippen molar-refractivity contribution in [2.45, 2.75) is 38.5 Å². The van der Waals surface area contributed by atoms with Gasteiger partial charge in [-0.05, 0) is 37.0 Å². The quantitative estimate of drug-likeness (QED) is 0.823. The molecule has 0 heterocycles. The lowest BCUT2D eigenvalue weighted by Gasteiger charge is -2.20. The standard InChI is InChI=1S/C14H14F3NO/c15-14(16,17)19-12-5-3-11(4-6-12)9-13(10-18)7-1-2-8-13/h3-6H,1-2,7-9H2. The monoisotopic (exact) mass is 269 g/mol. The Balaban J connectivity index is 2.05. The van der Waals surface area contributed by atoms with E-state index in [1.807, 2.05) is 0 Å². The van der Waals surface area contributed by atoms with E-state index in [0.29, 0.717) is 6.42 Å². The van der Waals surface area contributed by atoms with Crippen molar-refractivity contribution < 1.29 is 17.9 Å². The van der Waals surface area contributed by atoms with E-state index in [4.69, 9.17) is 0 Å². The van der Waals surface area contributed by atoms with Crippen molar-refractivity contribution in [1.82, 2.24) is 0 Å². The summed E-state index contributed by atoms with van der Waals surface area (Å²) in [5.74, 6) is -0.228. The number of benzene rings is 1. The molecule has 2 nitrogen and oxygen atoms in total. The van der Waals surface area contributed by atoms with Crippen molar-refractivity contribution in [3.05, 3.63) is 29.8 Å².